The zero-order valence-electron chi connectivity index (χ0n) is 8.93. The molecular weight excluding hydrogens is 266 g/mol. The number of aromatic nitrogens is 2. The van der Waals surface area contributed by atoms with Gasteiger partial charge in [-0.2, -0.15) is 12.7 Å². The van der Waals surface area contributed by atoms with Gasteiger partial charge in [-0.15, -0.1) is 10.2 Å². The van der Waals surface area contributed by atoms with Crippen molar-refractivity contribution in [2.24, 2.45) is 0 Å². The lowest BCUT2D eigenvalue weighted by molar-refractivity contribution is 0.362. The van der Waals surface area contributed by atoms with Crippen molar-refractivity contribution in [1.82, 2.24) is 19.8 Å². The van der Waals surface area contributed by atoms with E-state index in [2.05, 4.69) is 20.2 Å². The van der Waals surface area contributed by atoms with Crippen LogP contribution < -0.4 is 10.0 Å². The average Bonchev–Trinajstić information content (AvgIpc) is 2.33. The van der Waals surface area contributed by atoms with Crippen LogP contribution in [0, 0.1) is 0 Å². The molecule has 1 saturated heterocycles. The zero-order valence-corrected chi connectivity index (χ0v) is 10.5. The Morgan fingerprint density at radius 1 is 1.29 bits per heavy atom. The van der Waals surface area contributed by atoms with Crippen LogP contribution in [-0.4, -0.2) is 49.1 Å². The van der Waals surface area contributed by atoms with Crippen molar-refractivity contribution in [2.75, 3.05) is 30.9 Å². The van der Waals surface area contributed by atoms with Gasteiger partial charge >= 0.3 is 10.2 Å². The smallest absolute Gasteiger partial charge is 0.302 e. The number of rotatable bonds is 3. The van der Waals surface area contributed by atoms with Crippen LogP contribution in [0.1, 0.15) is 0 Å². The van der Waals surface area contributed by atoms with E-state index in [9.17, 15) is 8.42 Å². The highest BCUT2D eigenvalue weighted by atomic mass is 35.5. The van der Waals surface area contributed by atoms with Gasteiger partial charge in [-0.25, -0.2) is 0 Å². The van der Waals surface area contributed by atoms with Gasteiger partial charge in [0.1, 0.15) is 0 Å². The van der Waals surface area contributed by atoms with Gasteiger partial charge in [0.2, 0.25) is 0 Å². The summed E-state index contributed by atoms with van der Waals surface area (Å²) < 4.78 is 27.6. The lowest BCUT2D eigenvalue weighted by atomic mass is 10.4. The summed E-state index contributed by atoms with van der Waals surface area (Å²) in [5.41, 5.74) is 0. The summed E-state index contributed by atoms with van der Waals surface area (Å²) >= 11 is 5.56. The molecule has 1 aliphatic rings. The minimum atomic E-state index is -3.55. The normalized spacial score (nSPS) is 17.9. The topological polar surface area (TPSA) is 87.2 Å². The zero-order chi connectivity index (χ0) is 12.3. The van der Waals surface area contributed by atoms with E-state index in [4.69, 9.17) is 11.6 Å². The van der Waals surface area contributed by atoms with E-state index < -0.39 is 10.2 Å². The quantitative estimate of drug-likeness (QED) is 0.792. The van der Waals surface area contributed by atoms with Crippen molar-refractivity contribution in [2.45, 2.75) is 0 Å². The molecule has 0 amide bonds. The van der Waals surface area contributed by atoms with Gasteiger partial charge in [0.15, 0.2) is 11.0 Å². The second-order valence-corrected chi connectivity index (χ2v) is 5.56. The molecule has 94 valence electrons. The van der Waals surface area contributed by atoms with E-state index in [0.29, 0.717) is 26.2 Å². The first kappa shape index (κ1) is 12.5. The summed E-state index contributed by atoms with van der Waals surface area (Å²) in [7, 11) is -3.55. The summed E-state index contributed by atoms with van der Waals surface area (Å²) in [5.74, 6) is 0.160. The predicted molar refractivity (Wildman–Crippen MR) is 64.0 cm³/mol. The average molecular weight is 278 g/mol. The van der Waals surface area contributed by atoms with Crippen molar-refractivity contribution in [1.29, 1.82) is 0 Å². The molecule has 0 unspecified atom stereocenters. The Morgan fingerprint density at radius 2 is 2.00 bits per heavy atom. The molecule has 2 rings (SSSR count). The molecule has 2 heterocycles. The van der Waals surface area contributed by atoms with Crippen LogP contribution in [0.2, 0.25) is 5.15 Å². The lowest BCUT2D eigenvalue weighted by Gasteiger charge is -2.26. The Morgan fingerprint density at radius 3 is 2.59 bits per heavy atom. The molecule has 1 fully saturated rings. The van der Waals surface area contributed by atoms with E-state index >= 15 is 0 Å². The first-order chi connectivity index (χ1) is 8.08. The van der Waals surface area contributed by atoms with Crippen molar-refractivity contribution >= 4 is 27.6 Å². The van der Waals surface area contributed by atoms with Crippen molar-refractivity contribution in [3.05, 3.63) is 17.3 Å². The van der Waals surface area contributed by atoms with Gasteiger partial charge in [-0.05, 0) is 12.1 Å². The fraction of sp³-hybridized carbons (Fsp3) is 0.500. The number of anilines is 1. The van der Waals surface area contributed by atoms with Crippen LogP contribution in [-0.2, 0) is 10.2 Å². The van der Waals surface area contributed by atoms with Crippen LogP contribution in [0.4, 0.5) is 5.82 Å². The number of nitrogens with one attached hydrogen (secondary N) is 2. The summed E-state index contributed by atoms with van der Waals surface area (Å²) in [6, 6.07) is 2.94. The number of hydrogen-bond donors (Lipinski definition) is 2. The summed E-state index contributed by atoms with van der Waals surface area (Å²) in [4.78, 5) is 0. The van der Waals surface area contributed by atoms with Crippen LogP contribution in [0.3, 0.4) is 0 Å². The standard InChI is InChI=1S/C8H12ClN5O2S/c9-7-1-2-8(12-11-7)13-17(15,16)14-5-3-10-4-6-14/h1-2,10H,3-6H2,(H,12,13). The number of hydrogen-bond acceptors (Lipinski definition) is 5. The third kappa shape index (κ3) is 3.25. The fourth-order valence-electron chi connectivity index (χ4n) is 1.45. The molecular formula is C8H12ClN5O2S. The monoisotopic (exact) mass is 277 g/mol. The Hall–Kier alpha value is -0.960. The summed E-state index contributed by atoms with van der Waals surface area (Å²) in [6.45, 7) is 2.17. The SMILES string of the molecule is O=S(=O)(Nc1ccc(Cl)nn1)N1CCNCC1. The van der Waals surface area contributed by atoms with Gasteiger partial charge in [-0.1, -0.05) is 11.6 Å². The third-order valence-electron chi connectivity index (χ3n) is 2.28. The van der Waals surface area contributed by atoms with Crippen molar-refractivity contribution in [3.63, 3.8) is 0 Å². The molecule has 17 heavy (non-hydrogen) atoms. The van der Waals surface area contributed by atoms with Gasteiger partial charge in [0, 0.05) is 26.2 Å². The number of halogens is 1. The highest BCUT2D eigenvalue weighted by Crippen LogP contribution is 2.10. The number of piperazine rings is 1. The minimum absolute atomic E-state index is 0.160. The van der Waals surface area contributed by atoms with Gasteiger partial charge in [0.25, 0.3) is 0 Å². The maximum Gasteiger partial charge on any atom is 0.302 e. The molecule has 7 nitrogen and oxygen atoms in total. The maximum atomic E-state index is 11.9. The molecule has 2 N–H and O–H groups in total. The third-order valence-corrected chi connectivity index (χ3v) is 4.00. The first-order valence-electron chi connectivity index (χ1n) is 5.06. The molecule has 0 aliphatic carbocycles. The largest absolute Gasteiger partial charge is 0.314 e. The molecule has 0 bridgehead atoms. The summed E-state index contributed by atoms with van der Waals surface area (Å²) in [5, 5.41) is 10.5. The van der Waals surface area contributed by atoms with E-state index in [1.165, 1.54) is 16.4 Å². The van der Waals surface area contributed by atoms with Gasteiger partial charge in [-0.3, -0.25) is 4.72 Å². The second-order valence-electron chi connectivity index (χ2n) is 3.50. The molecule has 1 aliphatic heterocycles. The molecule has 0 saturated carbocycles. The predicted octanol–water partition coefficient (Wildman–Crippen LogP) is -0.308. The Labute approximate surface area is 104 Å². The van der Waals surface area contributed by atoms with Crippen LogP contribution in [0.15, 0.2) is 12.1 Å². The Balaban J connectivity index is 2.08. The van der Waals surface area contributed by atoms with E-state index in [1.807, 2.05) is 0 Å². The highest BCUT2D eigenvalue weighted by Gasteiger charge is 2.23. The van der Waals surface area contributed by atoms with Crippen molar-refractivity contribution < 1.29 is 8.42 Å². The lowest BCUT2D eigenvalue weighted by Crippen LogP contribution is -2.48. The molecule has 1 aromatic rings. The Bertz CT molecular complexity index is 471. The summed E-state index contributed by atoms with van der Waals surface area (Å²) in [6.07, 6.45) is 0. The molecule has 0 atom stereocenters. The van der Waals surface area contributed by atoms with Crippen molar-refractivity contribution in [3.8, 4) is 0 Å². The van der Waals surface area contributed by atoms with Gasteiger partial charge < -0.3 is 5.32 Å². The first-order valence-corrected chi connectivity index (χ1v) is 6.87. The second kappa shape index (κ2) is 5.13. The Kier molecular flexibility index (Phi) is 3.77. The molecule has 1 aromatic heterocycles. The maximum absolute atomic E-state index is 11.9. The number of nitrogens with zero attached hydrogens (tertiary/aromatic N) is 3. The molecule has 9 heteroatoms. The highest BCUT2D eigenvalue weighted by molar-refractivity contribution is 7.90. The van der Waals surface area contributed by atoms with E-state index in [0.717, 1.165) is 0 Å². The van der Waals surface area contributed by atoms with Crippen LogP contribution >= 0.6 is 11.6 Å². The molecule has 0 spiro atoms. The fourth-order valence-corrected chi connectivity index (χ4v) is 2.72. The van der Waals surface area contributed by atoms with E-state index in [-0.39, 0.29) is 11.0 Å². The van der Waals surface area contributed by atoms with Gasteiger partial charge in [0.05, 0.1) is 0 Å². The van der Waals surface area contributed by atoms with Crippen LogP contribution in [0.5, 0.6) is 0 Å². The van der Waals surface area contributed by atoms with E-state index in [1.54, 1.807) is 0 Å². The minimum Gasteiger partial charge on any atom is -0.314 e. The molecule has 0 aromatic carbocycles. The van der Waals surface area contributed by atoms with Crippen LogP contribution in [0.25, 0.3) is 0 Å². The molecule has 0 radical (unpaired) electrons.